The van der Waals surface area contributed by atoms with Gasteiger partial charge in [0.05, 0.1) is 0 Å². The maximum absolute atomic E-state index is 5.37. The minimum Gasteiger partial charge on any atom is -0.330 e. The van der Waals surface area contributed by atoms with E-state index in [1.54, 1.807) is 0 Å². The van der Waals surface area contributed by atoms with Crippen molar-refractivity contribution in [3.8, 4) is 0 Å². The first-order chi connectivity index (χ1) is 3.93. The van der Waals surface area contributed by atoms with Gasteiger partial charge in [-0.25, -0.2) is 0 Å². The lowest BCUT2D eigenvalue weighted by Gasteiger charge is -2.00. The predicted octanol–water partition coefficient (Wildman–Crippen LogP) is 1.21. The maximum Gasteiger partial charge on any atom is 0.00377 e. The molecule has 2 N–H and O–H groups in total. The molecule has 0 aromatic rings. The van der Waals surface area contributed by atoms with Crippen LogP contribution in [0.1, 0.15) is 6.42 Å². The maximum atomic E-state index is 5.37. The van der Waals surface area contributed by atoms with Crippen LogP contribution in [0.3, 0.4) is 0 Å². The normalized spacial score (nSPS) is 26.9. The summed E-state index contributed by atoms with van der Waals surface area (Å²) in [7, 11) is 0. The molecule has 46 valence electrons. The second kappa shape index (κ2) is 3.15. The average molecular weight is 129 g/mol. The largest absolute Gasteiger partial charge is 0.330 e. The number of nitrogens with two attached hydrogens (primary N) is 1. The molecule has 0 amide bonds. The predicted molar refractivity (Wildman–Crippen MR) is 38.8 cm³/mol. The SMILES string of the molecule is NCCC1C=CSC1. The molecule has 1 atom stereocenters. The highest BCUT2D eigenvalue weighted by Crippen LogP contribution is 2.21. The molecule has 0 fully saturated rings. The van der Waals surface area contributed by atoms with Crippen LogP contribution < -0.4 is 5.73 Å². The third-order valence-corrected chi connectivity index (χ3v) is 2.26. The quantitative estimate of drug-likeness (QED) is 0.606. The Balaban J connectivity index is 2.16. The van der Waals surface area contributed by atoms with Crippen LogP contribution in [0.2, 0.25) is 0 Å². The molecule has 0 saturated carbocycles. The Hall–Kier alpha value is 0.0500. The van der Waals surface area contributed by atoms with E-state index in [2.05, 4.69) is 11.5 Å². The zero-order chi connectivity index (χ0) is 5.82. The van der Waals surface area contributed by atoms with E-state index in [4.69, 9.17) is 5.73 Å². The highest BCUT2D eigenvalue weighted by atomic mass is 32.2. The van der Waals surface area contributed by atoms with Gasteiger partial charge in [0, 0.05) is 5.75 Å². The molecule has 0 aromatic heterocycles. The molecule has 1 aliphatic heterocycles. The van der Waals surface area contributed by atoms with Crippen LogP contribution in [0.25, 0.3) is 0 Å². The van der Waals surface area contributed by atoms with Crippen molar-refractivity contribution in [1.82, 2.24) is 0 Å². The summed E-state index contributed by atoms with van der Waals surface area (Å²) in [4.78, 5) is 0. The Morgan fingerprint density at radius 1 is 1.75 bits per heavy atom. The molecule has 0 bridgehead atoms. The molecule has 1 nitrogen and oxygen atoms in total. The Labute approximate surface area is 54.3 Å². The first-order valence-corrected chi connectivity index (χ1v) is 3.96. The molecule has 0 aromatic carbocycles. The van der Waals surface area contributed by atoms with Crippen molar-refractivity contribution in [3.63, 3.8) is 0 Å². The van der Waals surface area contributed by atoms with Crippen LogP contribution >= 0.6 is 11.8 Å². The monoisotopic (exact) mass is 129 g/mol. The lowest BCUT2D eigenvalue weighted by atomic mass is 10.1. The summed E-state index contributed by atoms with van der Waals surface area (Å²) in [5.41, 5.74) is 5.37. The zero-order valence-corrected chi connectivity index (χ0v) is 5.66. The van der Waals surface area contributed by atoms with Crippen molar-refractivity contribution in [2.75, 3.05) is 12.3 Å². The van der Waals surface area contributed by atoms with Gasteiger partial charge in [-0.05, 0) is 24.3 Å². The Kier molecular flexibility index (Phi) is 2.43. The molecule has 1 heterocycles. The van der Waals surface area contributed by atoms with Gasteiger partial charge in [-0.3, -0.25) is 0 Å². The van der Waals surface area contributed by atoms with E-state index in [1.807, 2.05) is 11.8 Å². The minimum atomic E-state index is 0.769. The standard InChI is InChI=1S/C6H11NS/c7-3-1-6-2-4-8-5-6/h2,4,6H,1,3,5,7H2. The van der Waals surface area contributed by atoms with E-state index >= 15 is 0 Å². The second-order valence-corrected chi connectivity index (χ2v) is 2.94. The first kappa shape index (κ1) is 6.17. The van der Waals surface area contributed by atoms with Gasteiger partial charge in [-0.2, -0.15) is 0 Å². The van der Waals surface area contributed by atoms with Gasteiger partial charge in [-0.1, -0.05) is 6.08 Å². The Morgan fingerprint density at radius 3 is 3.12 bits per heavy atom. The third kappa shape index (κ3) is 1.53. The number of rotatable bonds is 2. The summed E-state index contributed by atoms with van der Waals surface area (Å²) in [6, 6.07) is 0. The van der Waals surface area contributed by atoms with Gasteiger partial charge in [0.1, 0.15) is 0 Å². The van der Waals surface area contributed by atoms with Gasteiger partial charge in [0.2, 0.25) is 0 Å². The van der Waals surface area contributed by atoms with E-state index in [9.17, 15) is 0 Å². The van der Waals surface area contributed by atoms with Gasteiger partial charge in [0.25, 0.3) is 0 Å². The van der Waals surface area contributed by atoms with Gasteiger partial charge in [-0.15, -0.1) is 11.8 Å². The van der Waals surface area contributed by atoms with Crippen molar-refractivity contribution in [2.24, 2.45) is 11.7 Å². The van der Waals surface area contributed by atoms with Crippen LogP contribution in [-0.4, -0.2) is 12.3 Å². The van der Waals surface area contributed by atoms with E-state index < -0.39 is 0 Å². The highest BCUT2D eigenvalue weighted by molar-refractivity contribution is 8.02. The van der Waals surface area contributed by atoms with Crippen molar-refractivity contribution in [3.05, 3.63) is 11.5 Å². The fraction of sp³-hybridized carbons (Fsp3) is 0.667. The van der Waals surface area contributed by atoms with E-state index in [0.29, 0.717) is 0 Å². The molecule has 8 heavy (non-hydrogen) atoms. The molecule has 1 aliphatic rings. The Morgan fingerprint density at radius 2 is 2.62 bits per heavy atom. The van der Waals surface area contributed by atoms with Crippen molar-refractivity contribution >= 4 is 11.8 Å². The molecule has 0 aliphatic carbocycles. The van der Waals surface area contributed by atoms with Crippen LogP contribution in [0, 0.1) is 5.92 Å². The summed E-state index contributed by atoms with van der Waals surface area (Å²) in [5, 5.41) is 2.17. The topological polar surface area (TPSA) is 26.0 Å². The third-order valence-electron chi connectivity index (χ3n) is 1.29. The van der Waals surface area contributed by atoms with Crippen LogP contribution in [0.5, 0.6) is 0 Å². The molecule has 0 radical (unpaired) electrons. The fourth-order valence-electron chi connectivity index (χ4n) is 0.795. The molecule has 1 rings (SSSR count). The zero-order valence-electron chi connectivity index (χ0n) is 4.84. The van der Waals surface area contributed by atoms with Crippen molar-refractivity contribution < 1.29 is 0 Å². The summed E-state index contributed by atoms with van der Waals surface area (Å²) in [6.07, 6.45) is 3.40. The molecular weight excluding hydrogens is 118 g/mol. The molecule has 1 unspecified atom stereocenters. The lowest BCUT2D eigenvalue weighted by molar-refractivity contribution is 0.675. The molecular formula is C6H11NS. The Bertz CT molecular complexity index is 90.5. The summed E-state index contributed by atoms with van der Waals surface area (Å²) in [6.45, 7) is 0.829. The second-order valence-electron chi connectivity index (χ2n) is 2.00. The highest BCUT2D eigenvalue weighted by Gasteiger charge is 2.06. The number of thioether (sulfide) groups is 1. The smallest absolute Gasteiger partial charge is 0.00377 e. The summed E-state index contributed by atoms with van der Waals surface area (Å²) < 4.78 is 0. The molecule has 0 saturated heterocycles. The first-order valence-electron chi connectivity index (χ1n) is 2.92. The van der Waals surface area contributed by atoms with Crippen molar-refractivity contribution in [1.29, 1.82) is 0 Å². The van der Waals surface area contributed by atoms with Crippen LogP contribution in [0.4, 0.5) is 0 Å². The van der Waals surface area contributed by atoms with Gasteiger partial charge >= 0.3 is 0 Å². The van der Waals surface area contributed by atoms with Crippen LogP contribution in [-0.2, 0) is 0 Å². The number of hydrogen-bond donors (Lipinski definition) is 1. The van der Waals surface area contributed by atoms with Crippen LogP contribution in [0.15, 0.2) is 11.5 Å². The van der Waals surface area contributed by atoms with E-state index in [1.165, 1.54) is 5.75 Å². The fourth-order valence-corrected chi connectivity index (χ4v) is 1.76. The van der Waals surface area contributed by atoms with Crippen molar-refractivity contribution in [2.45, 2.75) is 6.42 Å². The summed E-state index contributed by atoms with van der Waals surface area (Å²) >= 11 is 1.89. The van der Waals surface area contributed by atoms with Gasteiger partial charge in [0.15, 0.2) is 0 Å². The number of allylic oxidation sites excluding steroid dienone is 1. The lowest BCUT2D eigenvalue weighted by Crippen LogP contribution is -2.06. The average Bonchev–Trinajstić information content (AvgIpc) is 2.19. The summed E-state index contributed by atoms with van der Waals surface area (Å²) in [5.74, 6) is 2.02. The molecule has 0 spiro atoms. The number of hydrogen-bond acceptors (Lipinski definition) is 2. The van der Waals surface area contributed by atoms with E-state index in [-0.39, 0.29) is 0 Å². The van der Waals surface area contributed by atoms with E-state index in [0.717, 1.165) is 18.9 Å². The van der Waals surface area contributed by atoms with Gasteiger partial charge < -0.3 is 5.73 Å². The minimum absolute atomic E-state index is 0.769. The molecule has 2 heteroatoms.